The first-order valence-corrected chi connectivity index (χ1v) is 8.40. The van der Waals surface area contributed by atoms with E-state index < -0.39 is 0 Å². The molecule has 1 aliphatic rings. The summed E-state index contributed by atoms with van der Waals surface area (Å²) < 4.78 is 5.72. The van der Waals surface area contributed by atoms with Crippen molar-refractivity contribution < 1.29 is 9.53 Å². The molecular weight excluding hydrogens is 314 g/mol. The van der Waals surface area contributed by atoms with Crippen LogP contribution in [0.5, 0.6) is 0 Å². The van der Waals surface area contributed by atoms with Gasteiger partial charge in [0, 0.05) is 31.2 Å². The highest BCUT2D eigenvalue weighted by molar-refractivity contribution is 6.30. The number of morpholine rings is 1. The Labute approximate surface area is 143 Å². The van der Waals surface area contributed by atoms with Crippen molar-refractivity contribution in [2.75, 3.05) is 53.4 Å². The van der Waals surface area contributed by atoms with Crippen molar-refractivity contribution in [3.05, 3.63) is 34.9 Å². The average Bonchev–Trinajstić information content (AvgIpc) is 2.49. The summed E-state index contributed by atoms with van der Waals surface area (Å²) in [4.78, 5) is 16.3. The molecule has 0 bridgehead atoms. The lowest BCUT2D eigenvalue weighted by atomic mass is 10.1. The minimum atomic E-state index is 0.0736. The van der Waals surface area contributed by atoms with E-state index in [1.165, 1.54) is 5.56 Å². The van der Waals surface area contributed by atoms with E-state index >= 15 is 0 Å². The van der Waals surface area contributed by atoms with Gasteiger partial charge >= 0.3 is 0 Å². The number of hydrogen-bond donors (Lipinski definition) is 1. The topological polar surface area (TPSA) is 44.8 Å². The van der Waals surface area contributed by atoms with Crippen LogP contribution in [0.25, 0.3) is 0 Å². The van der Waals surface area contributed by atoms with E-state index in [1.54, 1.807) is 0 Å². The van der Waals surface area contributed by atoms with E-state index in [0.717, 1.165) is 31.1 Å². The van der Waals surface area contributed by atoms with Crippen LogP contribution in [-0.4, -0.2) is 75.2 Å². The van der Waals surface area contributed by atoms with E-state index in [9.17, 15) is 4.79 Å². The van der Waals surface area contributed by atoms with Gasteiger partial charge in [0.2, 0.25) is 5.91 Å². The summed E-state index contributed by atoms with van der Waals surface area (Å²) in [6.45, 7) is 4.28. The third-order valence-electron chi connectivity index (χ3n) is 3.81. The molecule has 0 aliphatic carbocycles. The lowest BCUT2D eigenvalue weighted by molar-refractivity contribution is -0.124. The summed E-state index contributed by atoms with van der Waals surface area (Å²) in [7, 11) is 4.07. The van der Waals surface area contributed by atoms with Gasteiger partial charge in [0.05, 0.1) is 19.3 Å². The van der Waals surface area contributed by atoms with Crippen molar-refractivity contribution in [1.82, 2.24) is 15.1 Å². The molecular formula is C17H26ClN3O2. The van der Waals surface area contributed by atoms with Crippen molar-refractivity contribution in [2.24, 2.45) is 0 Å². The quantitative estimate of drug-likeness (QED) is 0.812. The molecule has 6 heteroatoms. The zero-order chi connectivity index (χ0) is 16.7. The molecule has 1 fully saturated rings. The van der Waals surface area contributed by atoms with Gasteiger partial charge in [-0.1, -0.05) is 23.7 Å². The second-order valence-corrected chi connectivity index (χ2v) is 6.65. The molecule has 0 spiro atoms. The fourth-order valence-electron chi connectivity index (χ4n) is 2.70. The Balaban J connectivity index is 1.66. The zero-order valence-electron chi connectivity index (χ0n) is 13.9. The maximum atomic E-state index is 12.1. The molecule has 1 heterocycles. The Hall–Kier alpha value is -1.14. The van der Waals surface area contributed by atoms with Gasteiger partial charge in [-0.05, 0) is 38.2 Å². The van der Waals surface area contributed by atoms with Gasteiger partial charge in [-0.2, -0.15) is 0 Å². The number of likely N-dealkylation sites (N-methyl/N-ethyl adjacent to an activating group) is 1. The maximum Gasteiger partial charge on any atom is 0.234 e. The third kappa shape index (κ3) is 6.87. The highest BCUT2D eigenvalue weighted by atomic mass is 35.5. The fraction of sp³-hybridized carbons (Fsp3) is 0.588. The minimum Gasteiger partial charge on any atom is -0.374 e. The van der Waals surface area contributed by atoms with E-state index in [2.05, 4.69) is 15.1 Å². The predicted octanol–water partition coefficient (Wildman–Crippen LogP) is 1.26. The maximum absolute atomic E-state index is 12.1. The van der Waals surface area contributed by atoms with Crippen LogP contribution in [0.3, 0.4) is 0 Å². The number of nitrogens with zero attached hydrogens (tertiary/aromatic N) is 2. The molecule has 1 saturated heterocycles. The van der Waals surface area contributed by atoms with E-state index in [1.807, 2.05) is 38.4 Å². The number of amides is 1. The lowest BCUT2D eigenvalue weighted by Gasteiger charge is -2.33. The standard InChI is InChI=1S/C17H26ClN3O2/c1-20(2)11-16-12-21(9-10-23-16)13-17(22)19-8-7-14-3-5-15(18)6-4-14/h3-6,16H,7-13H2,1-2H3,(H,19,22)/t16-/m1/s1. The van der Waals surface area contributed by atoms with Gasteiger partial charge in [0.15, 0.2) is 0 Å². The van der Waals surface area contributed by atoms with Crippen LogP contribution in [0.1, 0.15) is 5.56 Å². The van der Waals surface area contributed by atoms with Crippen molar-refractivity contribution in [1.29, 1.82) is 0 Å². The van der Waals surface area contributed by atoms with Gasteiger partial charge in [0.1, 0.15) is 0 Å². The van der Waals surface area contributed by atoms with Crippen molar-refractivity contribution in [2.45, 2.75) is 12.5 Å². The predicted molar refractivity (Wildman–Crippen MR) is 92.9 cm³/mol. The first-order valence-electron chi connectivity index (χ1n) is 8.03. The molecule has 1 aliphatic heterocycles. The van der Waals surface area contributed by atoms with Crippen LogP contribution in [0.15, 0.2) is 24.3 Å². The Morgan fingerprint density at radius 1 is 1.39 bits per heavy atom. The summed E-state index contributed by atoms with van der Waals surface area (Å²) in [5.41, 5.74) is 1.17. The lowest BCUT2D eigenvalue weighted by Crippen LogP contribution is -2.49. The molecule has 0 saturated carbocycles. The first kappa shape index (κ1) is 18.2. The number of carbonyl (C=O) groups is 1. The summed E-state index contributed by atoms with van der Waals surface area (Å²) in [5, 5.41) is 3.72. The second kappa shape index (κ2) is 9.23. The Morgan fingerprint density at radius 2 is 2.13 bits per heavy atom. The highest BCUT2D eigenvalue weighted by Gasteiger charge is 2.22. The van der Waals surface area contributed by atoms with Gasteiger partial charge in [-0.3, -0.25) is 9.69 Å². The van der Waals surface area contributed by atoms with Crippen molar-refractivity contribution in [3.8, 4) is 0 Å². The summed E-state index contributed by atoms with van der Waals surface area (Å²) >= 11 is 5.86. The molecule has 1 aromatic carbocycles. The van der Waals surface area contributed by atoms with Crippen LogP contribution >= 0.6 is 11.6 Å². The number of rotatable bonds is 7. The van der Waals surface area contributed by atoms with Gasteiger partial charge in [0.25, 0.3) is 0 Å². The van der Waals surface area contributed by atoms with Gasteiger partial charge in [-0.15, -0.1) is 0 Å². The molecule has 0 radical (unpaired) electrons. The van der Waals surface area contributed by atoms with Gasteiger partial charge in [-0.25, -0.2) is 0 Å². The smallest absolute Gasteiger partial charge is 0.234 e. The number of ether oxygens (including phenoxy) is 1. The average molecular weight is 340 g/mol. The third-order valence-corrected chi connectivity index (χ3v) is 4.06. The molecule has 23 heavy (non-hydrogen) atoms. The molecule has 0 aromatic heterocycles. The number of nitrogens with one attached hydrogen (secondary N) is 1. The van der Waals surface area contributed by atoms with Crippen LogP contribution in [0, 0.1) is 0 Å². The minimum absolute atomic E-state index is 0.0736. The molecule has 128 valence electrons. The number of benzene rings is 1. The van der Waals surface area contributed by atoms with Crippen LogP contribution in [-0.2, 0) is 16.0 Å². The normalized spacial score (nSPS) is 19.0. The molecule has 0 unspecified atom stereocenters. The first-order chi connectivity index (χ1) is 11.0. The molecule has 5 nitrogen and oxygen atoms in total. The summed E-state index contributed by atoms with van der Waals surface area (Å²) in [6.07, 6.45) is 0.996. The molecule has 1 amide bonds. The Morgan fingerprint density at radius 3 is 2.83 bits per heavy atom. The number of hydrogen-bond acceptors (Lipinski definition) is 4. The summed E-state index contributed by atoms with van der Waals surface area (Å²) in [6, 6.07) is 7.72. The van der Waals surface area contributed by atoms with Crippen molar-refractivity contribution in [3.63, 3.8) is 0 Å². The summed E-state index contributed by atoms with van der Waals surface area (Å²) in [5.74, 6) is 0.0736. The van der Waals surface area contributed by atoms with Crippen LogP contribution in [0.4, 0.5) is 0 Å². The SMILES string of the molecule is CN(C)C[C@@H]1CN(CC(=O)NCCc2ccc(Cl)cc2)CCO1. The zero-order valence-corrected chi connectivity index (χ0v) is 14.7. The monoisotopic (exact) mass is 339 g/mol. The fourth-order valence-corrected chi connectivity index (χ4v) is 2.82. The van der Waals surface area contributed by atoms with Crippen LogP contribution < -0.4 is 5.32 Å². The van der Waals surface area contributed by atoms with E-state index in [-0.39, 0.29) is 12.0 Å². The van der Waals surface area contributed by atoms with Crippen molar-refractivity contribution >= 4 is 17.5 Å². The van der Waals surface area contributed by atoms with E-state index in [4.69, 9.17) is 16.3 Å². The second-order valence-electron chi connectivity index (χ2n) is 6.22. The van der Waals surface area contributed by atoms with E-state index in [0.29, 0.717) is 19.7 Å². The largest absolute Gasteiger partial charge is 0.374 e. The molecule has 1 aromatic rings. The Kier molecular flexibility index (Phi) is 7.30. The molecule has 1 atom stereocenters. The molecule has 1 N–H and O–H groups in total. The van der Waals surface area contributed by atoms with Gasteiger partial charge < -0.3 is 15.0 Å². The Bertz CT molecular complexity index is 493. The number of carbonyl (C=O) groups excluding carboxylic acids is 1. The molecule has 2 rings (SSSR count). The highest BCUT2D eigenvalue weighted by Crippen LogP contribution is 2.09. The van der Waals surface area contributed by atoms with Crippen LogP contribution in [0.2, 0.25) is 5.02 Å². The number of halogens is 1.